The lowest BCUT2D eigenvalue weighted by Crippen LogP contribution is -2.14. The molecule has 0 aromatic carbocycles. The zero-order valence-electron chi connectivity index (χ0n) is 12.7. The summed E-state index contributed by atoms with van der Waals surface area (Å²) >= 11 is 5.73. The summed E-state index contributed by atoms with van der Waals surface area (Å²) in [6, 6.07) is 0. The van der Waals surface area contributed by atoms with Gasteiger partial charge in [-0.15, -0.1) is 0 Å². The number of ether oxygens (including phenoxy) is 3. The van der Waals surface area contributed by atoms with Crippen molar-refractivity contribution in [2.24, 2.45) is 5.92 Å². The van der Waals surface area contributed by atoms with Crippen molar-refractivity contribution >= 4 is 36.3 Å². The molecule has 1 heterocycles. The average molecular weight is 348 g/mol. The normalized spacial score (nSPS) is 25.6. The van der Waals surface area contributed by atoms with Crippen molar-refractivity contribution in [1.82, 2.24) is 0 Å². The SMILES string of the molecule is O=C(CCS)OCCOC(=O)CCSCCC1CC2OC2C1. The number of esters is 2. The highest BCUT2D eigenvalue weighted by molar-refractivity contribution is 7.99. The van der Waals surface area contributed by atoms with Crippen LogP contribution in [0.5, 0.6) is 0 Å². The Balaban J connectivity index is 1.35. The Bertz CT molecular complexity index is 367. The lowest BCUT2D eigenvalue weighted by molar-refractivity contribution is -0.151. The van der Waals surface area contributed by atoms with Crippen LogP contribution >= 0.6 is 24.4 Å². The van der Waals surface area contributed by atoms with E-state index in [1.807, 2.05) is 0 Å². The third kappa shape index (κ3) is 6.79. The minimum atomic E-state index is -0.309. The van der Waals surface area contributed by atoms with Gasteiger partial charge < -0.3 is 14.2 Å². The molecule has 1 saturated heterocycles. The quantitative estimate of drug-likeness (QED) is 0.267. The van der Waals surface area contributed by atoms with Crippen LogP contribution in [-0.4, -0.2) is 54.6 Å². The van der Waals surface area contributed by atoms with Crippen molar-refractivity contribution in [2.45, 2.75) is 44.3 Å². The van der Waals surface area contributed by atoms with Crippen LogP contribution in [0.3, 0.4) is 0 Å². The fourth-order valence-corrected chi connectivity index (χ4v) is 3.83. The second kappa shape index (κ2) is 9.67. The van der Waals surface area contributed by atoms with E-state index in [-0.39, 0.29) is 31.6 Å². The van der Waals surface area contributed by atoms with Crippen LogP contribution in [0, 0.1) is 5.92 Å². The monoisotopic (exact) mass is 348 g/mol. The molecule has 0 amide bonds. The largest absolute Gasteiger partial charge is 0.462 e. The zero-order valence-corrected chi connectivity index (χ0v) is 14.4. The fraction of sp³-hybridized carbons (Fsp3) is 0.867. The number of fused-ring (bicyclic) bond motifs is 1. The maximum Gasteiger partial charge on any atom is 0.306 e. The van der Waals surface area contributed by atoms with E-state index >= 15 is 0 Å². The van der Waals surface area contributed by atoms with Crippen molar-refractivity contribution in [3.05, 3.63) is 0 Å². The Morgan fingerprint density at radius 3 is 2.32 bits per heavy atom. The molecule has 0 N–H and O–H groups in total. The van der Waals surface area contributed by atoms with Gasteiger partial charge in [0, 0.05) is 11.5 Å². The first-order valence-electron chi connectivity index (χ1n) is 7.84. The molecule has 1 aliphatic carbocycles. The van der Waals surface area contributed by atoms with E-state index in [4.69, 9.17) is 14.2 Å². The maximum absolute atomic E-state index is 11.5. The summed E-state index contributed by atoms with van der Waals surface area (Å²) in [6.07, 6.45) is 5.48. The second-order valence-corrected chi connectivity index (χ2v) is 7.29. The molecular formula is C15H24O5S2. The van der Waals surface area contributed by atoms with E-state index in [9.17, 15) is 9.59 Å². The number of rotatable bonds is 11. The van der Waals surface area contributed by atoms with Crippen LogP contribution in [0.2, 0.25) is 0 Å². The minimum Gasteiger partial charge on any atom is -0.462 e. The van der Waals surface area contributed by atoms with Crippen LogP contribution in [0.25, 0.3) is 0 Å². The third-order valence-corrected chi connectivity index (χ3v) is 5.11. The van der Waals surface area contributed by atoms with Gasteiger partial charge in [0.05, 0.1) is 25.0 Å². The molecule has 1 aliphatic heterocycles. The van der Waals surface area contributed by atoms with E-state index in [1.165, 1.54) is 19.3 Å². The highest BCUT2D eigenvalue weighted by Gasteiger charge is 2.47. The Morgan fingerprint density at radius 1 is 1.05 bits per heavy atom. The van der Waals surface area contributed by atoms with Crippen molar-refractivity contribution in [2.75, 3.05) is 30.5 Å². The van der Waals surface area contributed by atoms with E-state index in [0.717, 1.165) is 17.4 Å². The first kappa shape index (κ1) is 17.9. The Labute approximate surface area is 141 Å². The number of carbonyl (C=O) groups is 2. The predicted molar refractivity (Wildman–Crippen MR) is 88.3 cm³/mol. The molecule has 0 aromatic heterocycles. The first-order valence-corrected chi connectivity index (χ1v) is 9.63. The molecule has 0 radical (unpaired) electrons. The van der Waals surface area contributed by atoms with Crippen LogP contribution in [0.15, 0.2) is 0 Å². The van der Waals surface area contributed by atoms with Gasteiger partial charge in [0.1, 0.15) is 13.2 Å². The van der Waals surface area contributed by atoms with Gasteiger partial charge in [0.2, 0.25) is 0 Å². The molecular weight excluding hydrogens is 324 g/mol. The van der Waals surface area contributed by atoms with Gasteiger partial charge in [-0.05, 0) is 30.9 Å². The van der Waals surface area contributed by atoms with Crippen LogP contribution < -0.4 is 0 Å². The second-order valence-electron chi connectivity index (χ2n) is 5.62. The number of epoxide rings is 1. The number of hydrogen-bond donors (Lipinski definition) is 1. The van der Waals surface area contributed by atoms with Gasteiger partial charge in [-0.3, -0.25) is 9.59 Å². The molecule has 7 heteroatoms. The molecule has 2 rings (SSSR count). The number of carbonyl (C=O) groups excluding carboxylic acids is 2. The molecule has 0 bridgehead atoms. The third-order valence-electron chi connectivity index (χ3n) is 3.87. The molecule has 0 aromatic rings. The molecule has 1 saturated carbocycles. The minimum absolute atomic E-state index is 0.123. The van der Waals surface area contributed by atoms with Crippen molar-refractivity contribution in [3.63, 3.8) is 0 Å². The fourth-order valence-electron chi connectivity index (χ4n) is 2.64. The van der Waals surface area contributed by atoms with Crippen LogP contribution in [0.4, 0.5) is 0 Å². The Hall–Kier alpha value is -0.400. The predicted octanol–water partition coefficient (Wildman–Crippen LogP) is 2.08. The van der Waals surface area contributed by atoms with E-state index in [2.05, 4.69) is 12.6 Å². The zero-order chi connectivity index (χ0) is 15.8. The van der Waals surface area contributed by atoms with Crippen LogP contribution in [0.1, 0.15) is 32.1 Å². The topological polar surface area (TPSA) is 65.1 Å². The molecule has 22 heavy (non-hydrogen) atoms. The van der Waals surface area contributed by atoms with Gasteiger partial charge >= 0.3 is 11.9 Å². The summed E-state index contributed by atoms with van der Waals surface area (Å²) in [5.41, 5.74) is 0. The maximum atomic E-state index is 11.5. The van der Waals surface area contributed by atoms with Gasteiger partial charge in [0.25, 0.3) is 0 Å². The lowest BCUT2D eigenvalue weighted by Gasteiger charge is -2.10. The summed E-state index contributed by atoms with van der Waals surface area (Å²) in [5, 5.41) is 0. The number of thiol groups is 1. The summed E-state index contributed by atoms with van der Waals surface area (Å²) in [7, 11) is 0. The Morgan fingerprint density at radius 2 is 1.68 bits per heavy atom. The van der Waals surface area contributed by atoms with Gasteiger partial charge in [-0.2, -0.15) is 24.4 Å². The molecule has 2 fully saturated rings. The van der Waals surface area contributed by atoms with Crippen molar-refractivity contribution in [1.29, 1.82) is 0 Å². The van der Waals surface area contributed by atoms with Crippen LogP contribution in [-0.2, 0) is 23.8 Å². The van der Waals surface area contributed by atoms with Gasteiger partial charge in [-0.25, -0.2) is 0 Å². The highest BCUT2D eigenvalue weighted by Crippen LogP contribution is 2.43. The van der Waals surface area contributed by atoms with E-state index in [1.54, 1.807) is 11.8 Å². The standard InChI is InChI=1S/C15H24O5S2/c16-14(1-6-21)18-4-5-19-15(17)3-8-22-7-2-11-9-12-13(10-11)20-12/h11-13,21H,1-10H2. The lowest BCUT2D eigenvalue weighted by atomic mass is 10.1. The first-order chi connectivity index (χ1) is 10.7. The van der Waals surface area contributed by atoms with Gasteiger partial charge in [0.15, 0.2) is 0 Å². The number of hydrogen-bond acceptors (Lipinski definition) is 7. The summed E-state index contributed by atoms with van der Waals surface area (Å²) in [4.78, 5) is 22.5. The van der Waals surface area contributed by atoms with E-state index in [0.29, 0.717) is 24.4 Å². The summed E-state index contributed by atoms with van der Waals surface area (Å²) in [6.45, 7) is 0.254. The number of thioether (sulfide) groups is 1. The molecule has 2 atom stereocenters. The van der Waals surface area contributed by atoms with Crippen molar-refractivity contribution in [3.8, 4) is 0 Å². The molecule has 5 nitrogen and oxygen atoms in total. The Kier molecular flexibility index (Phi) is 7.89. The molecule has 2 aliphatic rings. The van der Waals surface area contributed by atoms with Crippen molar-refractivity contribution < 1.29 is 23.8 Å². The smallest absolute Gasteiger partial charge is 0.306 e. The van der Waals surface area contributed by atoms with E-state index < -0.39 is 0 Å². The van der Waals surface area contributed by atoms with Gasteiger partial charge in [-0.1, -0.05) is 0 Å². The average Bonchev–Trinajstić information content (AvgIpc) is 3.10. The summed E-state index contributed by atoms with van der Waals surface area (Å²) in [5.74, 6) is 2.62. The highest BCUT2D eigenvalue weighted by atomic mass is 32.2. The summed E-state index contributed by atoms with van der Waals surface area (Å²) < 4.78 is 15.3. The molecule has 2 unspecified atom stereocenters. The molecule has 0 spiro atoms. The molecule has 126 valence electrons.